The van der Waals surface area contributed by atoms with E-state index in [0.29, 0.717) is 10.8 Å². The maximum Gasteiger partial charge on any atom is 0.274 e. The van der Waals surface area contributed by atoms with Gasteiger partial charge in [-0.05, 0) is 29.3 Å². The summed E-state index contributed by atoms with van der Waals surface area (Å²) in [6.45, 7) is 0. The molecule has 4 rings (SSSR count). The van der Waals surface area contributed by atoms with Crippen LogP contribution < -0.4 is 10.9 Å². The number of carbonyl (C=O) groups is 1. The molecule has 0 aliphatic carbocycles. The third kappa shape index (κ3) is 3.27. The molecule has 0 saturated carbocycles. The van der Waals surface area contributed by atoms with E-state index in [4.69, 9.17) is 0 Å². The van der Waals surface area contributed by atoms with Gasteiger partial charge in [0.25, 0.3) is 11.5 Å². The van der Waals surface area contributed by atoms with Crippen LogP contribution >= 0.6 is 0 Å². The highest BCUT2D eigenvalue weighted by Gasteiger charge is 2.21. The van der Waals surface area contributed by atoms with Gasteiger partial charge in [0.15, 0.2) is 5.69 Å². The maximum absolute atomic E-state index is 13.2. The lowest BCUT2D eigenvalue weighted by Gasteiger charge is -2.20. The smallest absolute Gasteiger partial charge is 0.274 e. The number of fused-ring (bicyclic) bond motifs is 1. The van der Waals surface area contributed by atoms with Crippen LogP contribution in [0.25, 0.3) is 10.8 Å². The van der Waals surface area contributed by atoms with Crippen LogP contribution in [0.15, 0.2) is 83.9 Å². The van der Waals surface area contributed by atoms with E-state index in [-0.39, 0.29) is 23.2 Å². The number of amides is 1. The van der Waals surface area contributed by atoms with Crippen LogP contribution in [0.4, 0.5) is 0 Å². The van der Waals surface area contributed by atoms with Gasteiger partial charge in [0.1, 0.15) is 0 Å². The number of nitrogens with one attached hydrogen (secondary N) is 1. The fourth-order valence-electron chi connectivity index (χ4n) is 3.23. The van der Waals surface area contributed by atoms with Gasteiger partial charge in [-0.1, -0.05) is 48.5 Å². The Morgan fingerprint density at radius 1 is 0.893 bits per heavy atom. The zero-order chi connectivity index (χ0) is 19.5. The summed E-state index contributed by atoms with van der Waals surface area (Å²) < 4.78 is 1.20. The van der Waals surface area contributed by atoms with Crippen LogP contribution in [0, 0.1) is 0 Å². The first-order valence-electron chi connectivity index (χ1n) is 8.87. The highest BCUT2D eigenvalue weighted by Crippen LogP contribution is 2.22. The lowest BCUT2D eigenvalue weighted by molar-refractivity contribution is 0.0937. The molecular formula is C22H18N4O2. The van der Waals surface area contributed by atoms with Gasteiger partial charge in [0.05, 0.1) is 11.4 Å². The third-order valence-corrected chi connectivity index (χ3v) is 4.62. The topological polar surface area (TPSA) is 76.9 Å². The Balaban J connectivity index is 1.79. The SMILES string of the molecule is Cn1nc(C(=O)N[C@@H](c2ccccc2)c2ccncc2)c2ccccc2c1=O. The van der Waals surface area contributed by atoms with Crippen LogP contribution in [-0.2, 0) is 7.05 Å². The molecule has 1 N–H and O–H groups in total. The molecule has 2 heterocycles. The first-order chi connectivity index (χ1) is 13.6. The van der Waals surface area contributed by atoms with E-state index in [2.05, 4.69) is 15.4 Å². The van der Waals surface area contributed by atoms with Crippen molar-refractivity contribution in [2.45, 2.75) is 6.04 Å². The number of hydrogen-bond donors (Lipinski definition) is 1. The largest absolute Gasteiger partial charge is 0.340 e. The maximum atomic E-state index is 13.2. The second-order valence-electron chi connectivity index (χ2n) is 6.42. The molecule has 0 spiro atoms. The zero-order valence-electron chi connectivity index (χ0n) is 15.2. The summed E-state index contributed by atoms with van der Waals surface area (Å²) in [6, 6.07) is 20.1. The lowest BCUT2D eigenvalue weighted by atomic mass is 9.99. The van der Waals surface area contributed by atoms with Crippen molar-refractivity contribution in [3.63, 3.8) is 0 Å². The quantitative estimate of drug-likeness (QED) is 0.599. The number of aromatic nitrogens is 3. The Bertz CT molecular complexity index is 1150. The summed E-state index contributed by atoms with van der Waals surface area (Å²) in [5, 5.41) is 8.28. The summed E-state index contributed by atoms with van der Waals surface area (Å²) >= 11 is 0. The number of nitrogens with zero attached hydrogens (tertiary/aromatic N) is 3. The molecule has 0 aliphatic heterocycles. The van der Waals surface area contributed by atoms with Gasteiger partial charge in [0.2, 0.25) is 0 Å². The van der Waals surface area contributed by atoms with Crippen molar-refractivity contribution in [1.29, 1.82) is 0 Å². The number of pyridine rings is 1. The first kappa shape index (κ1) is 17.6. The fraction of sp³-hybridized carbons (Fsp3) is 0.0909. The van der Waals surface area contributed by atoms with Gasteiger partial charge in [-0.2, -0.15) is 5.10 Å². The van der Waals surface area contributed by atoms with Gasteiger partial charge in [-0.25, -0.2) is 4.68 Å². The van der Waals surface area contributed by atoms with Crippen molar-refractivity contribution in [3.05, 3.63) is 106 Å². The van der Waals surface area contributed by atoms with Crippen molar-refractivity contribution < 1.29 is 4.79 Å². The molecule has 0 bridgehead atoms. The van der Waals surface area contributed by atoms with E-state index in [0.717, 1.165) is 11.1 Å². The van der Waals surface area contributed by atoms with Crippen LogP contribution in [0.5, 0.6) is 0 Å². The molecule has 28 heavy (non-hydrogen) atoms. The van der Waals surface area contributed by atoms with Gasteiger partial charge in [0, 0.05) is 24.8 Å². The number of hydrogen-bond acceptors (Lipinski definition) is 4. The van der Waals surface area contributed by atoms with E-state index >= 15 is 0 Å². The molecule has 0 aliphatic rings. The zero-order valence-corrected chi connectivity index (χ0v) is 15.2. The molecule has 0 unspecified atom stereocenters. The van der Waals surface area contributed by atoms with Gasteiger partial charge < -0.3 is 5.32 Å². The number of aryl methyl sites for hydroxylation is 1. The predicted octanol–water partition coefficient (Wildman–Crippen LogP) is 2.85. The van der Waals surface area contributed by atoms with Crippen LogP contribution in [-0.4, -0.2) is 20.7 Å². The molecule has 0 fully saturated rings. The summed E-state index contributed by atoms with van der Waals surface area (Å²) in [4.78, 5) is 29.6. The van der Waals surface area contributed by atoms with Gasteiger partial charge >= 0.3 is 0 Å². The molecule has 6 heteroatoms. The minimum Gasteiger partial charge on any atom is -0.340 e. The minimum absolute atomic E-state index is 0.215. The number of carbonyl (C=O) groups excluding carboxylic acids is 1. The van der Waals surface area contributed by atoms with E-state index < -0.39 is 0 Å². The monoisotopic (exact) mass is 370 g/mol. The van der Waals surface area contributed by atoms with Gasteiger partial charge in [-0.15, -0.1) is 0 Å². The summed E-state index contributed by atoms with van der Waals surface area (Å²) in [6.07, 6.45) is 3.38. The van der Waals surface area contributed by atoms with Crippen molar-refractivity contribution >= 4 is 16.7 Å². The average Bonchev–Trinajstić information content (AvgIpc) is 2.75. The molecule has 2 aromatic heterocycles. The number of rotatable bonds is 4. The highest BCUT2D eigenvalue weighted by atomic mass is 16.2. The fourth-order valence-corrected chi connectivity index (χ4v) is 3.23. The highest BCUT2D eigenvalue weighted by molar-refractivity contribution is 6.05. The molecule has 0 saturated heterocycles. The Morgan fingerprint density at radius 3 is 2.21 bits per heavy atom. The molecule has 1 amide bonds. The standard InChI is InChI=1S/C22H18N4O2/c1-26-22(28)18-10-6-5-9-17(18)20(25-26)21(27)24-19(15-7-3-2-4-8-15)16-11-13-23-14-12-16/h2-14,19H,1H3,(H,24,27)/t19-/m0/s1. The number of benzene rings is 2. The summed E-state index contributed by atoms with van der Waals surface area (Å²) in [5.41, 5.74) is 1.83. The Labute approximate surface area is 161 Å². The van der Waals surface area contributed by atoms with E-state index in [1.54, 1.807) is 43.7 Å². The molecule has 1 atom stereocenters. The van der Waals surface area contributed by atoms with Crippen LogP contribution in [0.1, 0.15) is 27.7 Å². The van der Waals surface area contributed by atoms with Gasteiger partial charge in [-0.3, -0.25) is 14.6 Å². The Morgan fingerprint density at radius 2 is 1.50 bits per heavy atom. The second-order valence-corrected chi connectivity index (χ2v) is 6.42. The van der Waals surface area contributed by atoms with Crippen LogP contribution in [0.3, 0.4) is 0 Å². The van der Waals surface area contributed by atoms with E-state index in [1.165, 1.54) is 4.68 Å². The molecule has 138 valence electrons. The summed E-state index contributed by atoms with van der Waals surface area (Å²) in [5.74, 6) is -0.350. The first-order valence-corrected chi connectivity index (χ1v) is 8.87. The predicted molar refractivity (Wildman–Crippen MR) is 107 cm³/mol. The van der Waals surface area contributed by atoms with Crippen molar-refractivity contribution in [3.8, 4) is 0 Å². The van der Waals surface area contributed by atoms with Crippen LogP contribution in [0.2, 0.25) is 0 Å². The average molecular weight is 370 g/mol. The third-order valence-electron chi connectivity index (χ3n) is 4.62. The van der Waals surface area contributed by atoms with Crippen molar-refractivity contribution in [2.75, 3.05) is 0 Å². The van der Waals surface area contributed by atoms with E-state index in [1.807, 2.05) is 42.5 Å². The molecular weight excluding hydrogens is 352 g/mol. The Kier molecular flexibility index (Phi) is 4.68. The summed E-state index contributed by atoms with van der Waals surface area (Å²) in [7, 11) is 1.54. The van der Waals surface area contributed by atoms with E-state index in [9.17, 15) is 9.59 Å². The van der Waals surface area contributed by atoms with Crippen molar-refractivity contribution in [2.24, 2.45) is 7.05 Å². The molecule has 6 nitrogen and oxygen atoms in total. The lowest BCUT2D eigenvalue weighted by Crippen LogP contribution is -2.32. The molecule has 0 radical (unpaired) electrons. The Hall–Kier alpha value is -3.80. The minimum atomic E-state index is -0.366. The normalized spacial score (nSPS) is 11.9. The van der Waals surface area contributed by atoms with Crippen molar-refractivity contribution in [1.82, 2.24) is 20.1 Å². The second kappa shape index (κ2) is 7.44. The molecule has 2 aromatic carbocycles. The molecule has 4 aromatic rings.